The third kappa shape index (κ3) is 4.26. The van der Waals surface area contributed by atoms with E-state index >= 15 is 0 Å². The van der Waals surface area contributed by atoms with Crippen LogP contribution in [0.25, 0.3) is 0 Å². The summed E-state index contributed by atoms with van der Waals surface area (Å²) in [5, 5.41) is 0.915. The molecule has 3 amide bonds. The maximum absolute atomic E-state index is 14.1. The molecule has 0 radical (unpaired) electrons. The van der Waals surface area contributed by atoms with E-state index in [0.717, 1.165) is 54.2 Å². The molecular formula is C33H33N3O6S2. The van der Waals surface area contributed by atoms with Crippen molar-refractivity contribution in [3.05, 3.63) is 68.6 Å². The topological polar surface area (TPSA) is 109 Å². The van der Waals surface area contributed by atoms with Crippen molar-refractivity contribution in [2.24, 2.45) is 29.6 Å². The van der Waals surface area contributed by atoms with Crippen LogP contribution < -0.4 is 19.2 Å². The minimum Gasteiger partial charge on any atom is -0.497 e. The number of hydrogen-bond donors (Lipinski definition) is 1. The van der Waals surface area contributed by atoms with E-state index in [0.29, 0.717) is 17.2 Å². The Morgan fingerprint density at radius 1 is 0.955 bits per heavy atom. The minimum atomic E-state index is -0.398. The first kappa shape index (κ1) is 27.9. The highest BCUT2D eigenvalue weighted by molar-refractivity contribution is 8.00. The molecule has 5 aliphatic rings. The lowest BCUT2D eigenvalue weighted by Crippen LogP contribution is -2.43. The van der Waals surface area contributed by atoms with Crippen LogP contribution in [0.4, 0.5) is 5.69 Å². The van der Waals surface area contributed by atoms with Gasteiger partial charge in [-0.3, -0.25) is 24.1 Å². The second-order valence-electron chi connectivity index (χ2n) is 12.4. The summed E-state index contributed by atoms with van der Waals surface area (Å²) in [5.41, 5.74) is 1.50. The SMILES string of the molecule is COc1ccc(N2C(=O)[C@H]3[C@H]4C[C@@H]([C@@H]3C2=O)[C@@H]2[C@H](c3ccccc3OCC(=O)N3CCCCC3)c3sc(=O)[nH]c3S[C@H]42)cc1. The Bertz CT molecular complexity index is 1700. The fourth-order valence-corrected chi connectivity index (χ4v) is 11.5. The lowest BCUT2D eigenvalue weighted by molar-refractivity contribution is -0.134. The number of ether oxygens (including phenoxy) is 2. The molecular weight excluding hydrogens is 599 g/mol. The number of carbonyl (C=O) groups excluding carboxylic acids is 3. The number of nitrogens with zero attached hydrogens (tertiary/aromatic N) is 2. The Morgan fingerprint density at radius 2 is 1.68 bits per heavy atom. The molecule has 0 unspecified atom stereocenters. The number of piperidine rings is 1. The molecule has 1 aromatic heterocycles. The van der Waals surface area contributed by atoms with E-state index < -0.39 is 5.92 Å². The number of benzene rings is 2. The molecule has 1 N–H and O–H groups in total. The lowest BCUT2D eigenvalue weighted by atomic mass is 9.68. The minimum absolute atomic E-state index is 0.0133. The number of likely N-dealkylation sites (tertiary alicyclic amines) is 1. The largest absolute Gasteiger partial charge is 0.497 e. The number of thioether (sulfide) groups is 1. The van der Waals surface area contributed by atoms with Crippen molar-refractivity contribution in [2.75, 3.05) is 31.7 Å². The van der Waals surface area contributed by atoms with Crippen molar-refractivity contribution < 1.29 is 23.9 Å². The van der Waals surface area contributed by atoms with Gasteiger partial charge in [-0.15, -0.1) is 11.8 Å². The number of thiazole rings is 1. The summed E-state index contributed by atoms with van der Waals surface area (Å²) in [6, 6.07) is 14.9. The Labute approximate surface area is 262 Å². The maximum atomic E-state index is 14.1. The Hall–Kier alpha value is -3.57. The summed E-state index contributed by atoms with van der Waals surface area (Å²) in [4.78, 5) is 60.8. The molecule has 44 heavy (non-hydrogen) atoms. The van der Waals surface area contributed by atoms with Gasteiger partial charge in [-0.05, 0) is 73.8 Å². The van der Waals surface area contributed by atoms with E-state index in [4.69, 9.17) is 9.47 Å². The second kappa shape index (κ2) is 10.8. The van der Waals surface area contributed by atoms with Gasteiger partial charge in [0.2, 0.25) is 11.8 Å². The smallest absolute Gasteiger partial charge is 0.305 e. The van der Waals surface area contributed by atoms with Crippen LogP contribution in [0.5, 0.6) is 11.5 Å². The van der Waals surface area contributed by atoms with E-state index in [1.165, 1.54) is 16.2 Å². The molecule has 7 atom stereocenters. The van der Waals surface area contributed by atoms with Crippen LogP contribution in [-0.2, 0) is 14.4 Å². The molecule has 9 nitrogen and oxygen atoms in total. The standard InChI is InChI=1S/C33H33N3O6S2/c1-41-18-11-9-17(10-12-18)36-31(38)26-20-15-21(27(26)32(36)39)28-25(20)24(29-30(43-28)34-33(40)44-29)19-7-3-4-8-22(19)42-16-23(37)35-13-5-2-6-14-35/h3-4,7-12,20-21,24-28H,2,5-6,13-16H2,1H3,(H,34,40)/t20-,21-,24+,25-,26+,27+,28-/m1/s1. The molecule has 2 bridgehead atoms. The summed E-state index contributed by atoms with van der Waals surface area (Å²) in [6.45, 7) is 1.49. The van der Waals surface area contributed by atoms with Crippen LogP contribution in [0.2, 0.25) is 0 Å². The summed E-state index contributed by atoms with van der Waals surface area (Å²) in [6.07, 6.45) is 3.98. The van der Waals surface area contributed by atoms with Gasteiger partial charge in [0.25, 0.3) is 5.91 Å². The van der Waals surface area contributed by atoms with Crippen molar-refractivity contribution in [2.45, 2.75) is 41.9 Å². The zero-order valence-electron chi connectivity index (χ0n) is 24.3. The van der Waals surface area contributed by atoms with Crippen LogP contribution in [0, 0.1) is 29.6 Å². The van der Waals surface area contributed by atoms with Gasteiger partial charge in [-0.1, -0.05) is 29.5 Å². The predicted molar refractivity (Wildman–Crippen MR) is 166 cm³/mol. The van der Waals surface area contributed by atoms with E-state index in [2.05, 4.69) is 4.98 Å². The third-order valence-electron chi connectivity index (χ3n) is 10.4. The highest BCUT2D eigenvalue weighted by Crippen LogP contribution is 2.69. The molecule has 2 aromatic carbocycles. The van der Waals surface area contributed by atoms with Crippen molar-refractivity contribution in [1.82, 2.24) is 9.88 Å². The third-order valence-corrected chi connectivity index (χ3v) is 13.0. The first-order valence-corrected chi connectivity index (χ1v) is 17.0. The zero-order chi connectivity index (χ0) is 30.1. The number of aromatic nitrogens is 1. The maximum Gasteiger partial charge on any atom is 0.305 e. The summed E-state index contributed by atoms with van der Waals surface area (Å²) < 4.78 is 11.5. The molecule has 3 aromatic rings. The number of amides is 3. The van der Waals surface area contributed by atoms with Crippen molar-refractivity contribution in [3.8, 4) is 11.5 Å². The first-order chi connectivity index (χ1) is 21.4. The number of nitrogens with one attached hydrogen (secondary N) is 1. The predicted octanol–water partition coefficient (Wildman–Crippen LogP) is 4.51. The summed E-state index contributed by atoms with van der Waals surface area (Å²) >= 11 is 2.88. The fourth-order valence-electron chi connectivity index (χ4n) is 8.59. The number of rotatable bonds is 6. The van der Waals surface area contributed by atoms with Crippen molar-refractivity contribution >= 4 is 46.5 Å². The fraction of sp³-hybridized carbons (Fsp3) is 0.455. The van der Waals surface area contributed by atoms with Gasteiger partial charge in [-0.25, -0.2) is 0 Å². The van der Waals surface area contributed by atoms with Crippen LogP contribution in [-0.4, -0.2) is 59.7 Å². The van der Waals surface area contributed by atoms with E-state index in [-0.39, 0.29) is 64.0 Å². The Kier molecular flexibility index (Phi) is 6.86. The average Bonchev–Trinajstić information content (AvgIpc) is 3.79. The number of methoxy groups -OCH3 is 1. The van der Waals surface area contributed by atoms with E-state index in [1.54, 1.807) is 43.1 Å². The molecule has 2 aliphatic carbocycles. The van der Waals surface area contributed by atoms with Crippen molar-refractivity contribution in [1.29, 1.82) is 0 Å². The Morgan fingerprint density at radius 3 is 2.43 bits per heavy atom. The molecule has 0 spiro atoms. The number of fused-ring (bicyclic) bond motifs is 9. The van der Waals surface area contributed by atoms with Gasteiger partial charge in [0.05, 0.1) is 29.7 Å². The van der Waals surface area contributed by atoms with Gasteiger partial charge in [0.15, 0.2) is 6.61 Å². The number of carbonyl (C=O) groups is 3. The molecule has 3 aliphatic heterocycles. The summed E-state index contributed by atoms with van der Waals surface area (Å²) in [7, 11) is 1.58. The molecule has 2 saturated heterocycles. The molecule has 11 heteroatoms. The monoisotopic (exact) mass is 631 g/mol. The average molecular weight is 632 g/mol. The zero-order valence-corrected chi connectivity index (χ0v) is 25.9. The highest BCUT2D eigenvalue weighted by Gasteiger charge is 2.69. The number of H-pyrrole nitrogens is 1. The van der Waals surface area contributed by atoms with Crippen LogP contribution in [0.15, 0.2) is 58.4 Å². The second-order valence-corrected chi connectivity index (χ2v) is 14.6. The summed E-state index contributed by atoms with van der Waals surface area (Å²) in [5.74, 6) is 0.117. The number of anilines is 1. The highest BCUT2D eigenvalue weighted by atomic mass is 32.2. The Balaban J connectivity index is 1.14. The van der Waals surface area contributed by atoms with Gasteiger partial charge in [-0.2, -0.15) is 0 Å². The van der Waals surface area contributed by atoms with Gasteiger partial charge >= 0.3 is 4.87 Å². The molecule has 4 fully saturated rings. The first-order valence-electron chi connectivity index (χ1n) is 15.4. The van der Waals surface area contributed by atoms with E-state index in [1.807, 2.05) is 29.2 Å². The van der Waals surface area contributed by atoms with E-state index in [9.17, 15) is 19.2 Å². The van der Waals surface area contributed by atoms with Crippen LogP contribution in [0.3, 0.4) is 0 Å². The normalized spacial score (nSPS) is 30.2. The number of para-hydroxylation sites is 1. The number of aromatic amines is 1. The quantitative estimate of drug-likeness (QED) is 0.399. The van der Waals surface area contributed by atoms with Gasteiger partial charge in [0.1, 0.15) is 11.5 Å². The molecule has 228 valence electrons. The van der Waals surface area contributed by atoms with Gasteiger partial charge in [0, 0.05) is 34.7 Å². The number of hydrogen-bond acceptors (Lipinski definition) is 8. The van der Waals surface area contributed by atoms with Crippen LogP contribution in [0.1, 0.15) is 42.0 Å². The van der Waals surface area contributed by atoms with Crippen molar-refractivity contribution in [3.63, 3.8) is 0 Å². The molecule has 2 saturated carbocycles. The lowest BCUT2D eigenvalue weighted by Gasteiger charge is -2.43. The molecule has 8 rings (SSSR count). The molecule has 4 heterocycles. The van der Waals surface area contributed by atoms with Crippen LogP contribution >= 0.6 is 23.1 Å². The van der Waals surface area contributed by atoms with Gasteiger partial charge < -0.3 is 19.4 Å². The number of imide groups is 1.